The second-order valence-corrected chi connectivity index (χ2v) is 8.40. The van der Waals surface area contributed by atoms with Gasteiger partial charge in [-0.05, 0) is 30.7 Å². The highest BCUT2D eigenvalue weighted by atomic mass is 35.7. The van der Waals surface area contributed by atoms with Crippen LogP contribution in [0.15, 0.2) is 23.4 Å². The van der Waals surface area contributed by atoms with E-state index in [1.165, 1.54) is 17.8 Å². The fourth-order valence-corrected chi connectivity index (χ4v) is 3.27. The van der Waals surface area contributed by atoms with Gasteiger partial charge in [-0.3, -0.25) is 0 Å². The third-order valence-corrected chi connectivity index (χ3v) is 4.87. The number of alkyl halides is 3. The van der Waals surface area contributed by atoms with Crippen LogP contribution in [-0.4, -0.2) is 24.9 Å². The van der Waals surface area contributed by atoms with Crippen molar-refractivity contribution in [2.24, 2.45) is 0 Å². The smallest absolute Gasteiger partial charge is 0.249 e. The van der Waals surface area contributed by atoms with E-state index in [9.17, 15) is 21.6 Å². The van der Waals surface area contributed by atoms with E-state index in [-0.39, 0.29) is 5.75 Å². The summed E-state index contributed by atoms with van der Waals surface area (Å²) in [6.45, 7) is 0. The third-order valence-electron chi connectivity index (χ3n) is 2.60. The summed E-state index contributed by atoms with van der Waals surface area (Å²) in [6.07, 6.45) is -0.565. The first-order valence-electron chi connectivity index (χ1n) is 6.27. The molecular formula is C12H15ClF3NO2S2. The molecule has 0 amide bonds. The SMILES string of the molecule is O=S(=O)(Cl)CCCCCCSc1ccc(C(F)(F)F)cn1. The lowest BCUT2D eigenvalue weighted by Gasteiger charge is -2.06. The van der Waals surface area contributed by atoms with Gasteiger partial charge < -0.3 is 0 Å². The van der Waals surface area contributed by atoms with E-state index in [2.05, 4.69) is 4.98 Å². The topological polar surface area (TPSA) is 47.0 Å². The zero-order valence-electron chi connectivity index (χ0n) is 11.1. The predicted octanol–water partition coefficient (Wildman–Crippen LogP) is 4.32. The van der Waals surface area contributed by atoms with Crippen molar-refractivity contribution in [3.63, 3.8) is 0 Å². The number of pyridine rings is 1. The molecule has 0 unspecified atom stereocenters. The van der Waals surface area contributed by atoms with Gasteiger partial charge in [-0.2, -0.15) is 13.2 Å². The summed E-state index contributed by atoms with van der Waals surface area (Å²) in [6, 6.07) is 2.37. The van der Waals surface area contributed by atoms with Crippen LogP contribution in [0.2, 0.25) is 0 Å². The molecule has 0 bridgehead atoms. The number of thioether (sulfide) groups is 1. The first-order chi connectivity index (χ1) is 9.68. The summed E-state index contributed by atoms with van der Waals surface area (Å²) in [5, 5.41) is 0.548. The van der Waals surface area contributed by atoms with Crippen LogP contribution in [0, 0.1) is 0 Å². The molecule has 0 aliphatic rings. The second-order valence-electron chi connectivity index (χ2n) is 4.39. The molecule has 0 aliphatic carbocycles. The van der Waals surface area contributed by atoms with Crippen LogP contribution in [0.25, 0.3) is 0 Å². The first-order valence-corrected chi connectivity index (χ1v) is 9.73. The van der Waals surface area contributed by atoms with Crippen LogP contribution < -0.4 is 0 Å². The number of aromatic nitrogens is 1. The average molecular weight is 362 g/mol. The highest BCUT2D eigenvalue weighted by Gasteiger charge is 2.30. The zero-order chi connectivity index (χ0) is 15.9. The van der Waals surface area contributed by atoms with Gasteiger partial charge in [0.25, 0.3) is 0 Å². The quantitative estimate of drug-likeness (QED) is 0.393. The summed E-state index contributed by atoms with van der Waals surface area (Å²) in [5.74, 6) is 0.703. The van der Waals surface area contributed by atoms with Crippen molar-refractivity contribution in [3.05, 3.63) is 23.9 Å². The first kappa shape index (κ1) is 18.6. The van der Waals surface area contributed by atoms with Crippen molar-refractivity contribution in [1.29, 1.82) is 0 Å². The van der Waals surface area contributed by atoms with Crippen LogP contribution in [0.4, 0.5) is 13.2 Å². The summed E-state index contributed by atoms with van der Waals surface area (Å²) >= 11 is 1.38. The molecule has 0 fully saturated rings. The number of halogens is 4. The van der Waals surface area contributed by atoms with Gasteiger partial charge in [-0.25, -0.2) is 13.4 Å². The van der Waals surface area contributed by atoms with E-state index in [1.54, 1.807) is 0 Å². The van der Waals surface area contributed by atoms with Crippen LogP contribution >= 0.6 is 22.4 Å². The molecule has 1 heterocycles. The molecule has 120 valence electrons. The Balaban J connectivity index is 2.19. The van der Waals surface area contributed by atoms with Crippen LogP contribution in [-0.2, 0) is 15.2 Å². The molecule has 3 nitrogen and oxygen atoms in total. The number of hydrogen-bond donors (Lipinski definition) is 0. The molecule has 0 aromatic carbocycles. The van der Waals surface area contributed by atoms with Crippen molar-refractivity contribution in [1.82, 2.24) is 4.98 Å². The van der Waals surface area contributed by atoms with Crippen molar-refractivity contribution < 1.29 is 21.6 Å². The molecule has 1 aromatic heterocycles. The number of unbranched alkanes of at least 4 members (excludes halogenated alkanes) is 3. The molecule has 0 spiro atoms. The molecule has 21 heavy (non-hydrogen) atoms. The van der Waals surface area contributed by atoms with E-state index >= 15 is 0 Å². The van der Waals surface area contributed by atoms with E-state index in [0.29, 0.717) is 11.4 Å². The number of nitrogens with zero attached hydrogens (tertiary/aromatic N) is 1. The molecule has 0 aliphatic heterocycles. The van der Waals surface area contributed by atoms with Crippen molar-refractivity contribution in [3.8, 4) is 0 Å². The minimum atomic E-state index is -4.36. The molecule has 1 aromatic rings. The van der Waals surface area contributed by atoms with Gasteiger partial charge in [0.1, 0.15) is 0 Å². The third kappa shape index (κ3) is 8.53. The highest BCUT2D eigenvalue weighted by molar-refractivity contribution is 8.13. The lowest BCUT2D eigenvalue weighted by atomic mass is 10.2. The Labute approximate surface area is 130 Å². The molecular weight excluding hydrogens is 347 g/mol. The maximum absolute atomic E-state index is 12.3. The molecule has 9 heteroatoms. The van der Waals surface area contributed by atoms with Crippen molar-refractivity contribution in [2.45, 2.75) is 36.9 Å². The monoisotopic (exact) mass is 361 g/mol. The summed E-state index contributed by atoms with van der Waals surface area (Å²) in [5.41, 5.74) is -0.755. The van der Waals surface area contributed by atoms with Crippen molar-refractivity contribution >= 4 is 31.5 Å². The zero-order valence-corrected chi connectivity index (χ0v) is 13.5. The summed E-state index contributed by atoms with van der Waals surface area (Å²) < 4.78 is 58.3. The van der Waals surface area contributed by atoms with E-state index in [4.69, 9.17) is 10.7 Å². The predicted molar refractivity (Wildman–Crippen MR) is 78.1 cm³/mol. The van der Waals surface area contributed by atoms with Gasteiger partial charge in [0.15, 0.2) is 0 Å². The summed E-state index contributed by atoms with van der Waals surface area (Å²) in [7, 11) is 1.67. The Morgan fingerprint density at radius 3 is 2.33 bits per heavy atom. The standard InChI is InChI=1S/C12H15ClF3NO2S2/c13-21(18,19)8-4-2-1-3-7-20-11-6-5-10(9-17-11)12(14,15)16/h5-6,9H,1-4,7-8H2. The van der Waals surface area contributed by atoms with Crippen LogP contribution in [0.3, 0.4) is 0 Å². The van der Waals surface area contributed by atoms with Gasteiger partial charge >= 0.3 is 6.18 Å². The maximum atomic E-state index is 12.3. The molecule has 0 N–H and O–H groups in total. The molecule has 0 radical (unpaired) electrons. The van der Waals surface area contributed by atoms with Gasteiger partial charge in [0.2, 0.25) is 9.05 Å². The molecule has 1 rings (SSSR count). The maximum Gasteiger partial charge on any atom is 0.417 e. The van der Waals surface area contributed by atoms with Gasteiger partial charge in [-0.15, -0.1) is 11.8 Å². The van der Waals surface area contributed by atoms with E-state index < -0.39 is 20.8 Å². The van der Waals surface area contributed by atoms with Gasteiger partial charge in [-0.1, -0.05) is 12.8 Å². The lowest BCUT2D eigenvalue weighted by Crippen LogP contribution is -2.05. The van der Waals surface area contributed by atoms with Crippen LogP contribution in [0.5, 0.6) is 0 Å². The minimum Gasteiger partial charge on any atom is -0.249 e. The Morgan fingerprint density at radius 2 is 1.81 bits per heavy atom. The second kappa shape index (κ2) is 8.24. The molecule has 0 saturated carbocycles. The molecule has 0 atom stereocenters. The van der Waals surface area contributed by atoms with Crippen molar-refractivity contribution in [2.75, 3.05) is 11.5 Å². The average Bonchev–Trinajstić information content (AvgIpc) is 2.36. The lowest BCUT2D eigenvalue weighted by molar-refractivity contribution is -0.137. The minimum absolute atomic E-state index is 0.0256. The normalized spacial score (nSPS) is 12.6. The van der Waals surface area contributed by atoms with E-state index in [1.807, 2.05) is 0 Å². The number of rotatable bonds is 8. The van der Waals surface area contributed by atoms with Crippen LogP contribution in [0.1, 0.15) is 31.2 Å². The highest BCUT2D eigenvalue weighted by Crippen LogP contribution is 2.29. The number of hydrogen-bond acceptors (Lipinski definition) is 4. The Kier molecular flexibility index (Phi) is 7.29. The van der Waals surface area contributed by atoms with Gasteiger partial charge in [0, 0.05) is 16.9 Å². The Morgan fingerprint density at radius 1 is 1.14 bits per heavy atom. The summed E-state index contributed by atoms with van der Waals surface area (Å²) in [4.78, 5) is 3.76. The van der Waals surface area contributed by atoms with E-state index in [0.717, 1.165) is 37.3 Å². The fourth-order valence-electron chi connectivity index (χ4n) is 1.54. The van der Waals surface area contributed by atoms with Gasteiger partial charge in [0.05, 0.1) is 16.3 Å². The molecule has 0 saturated heterocycles. The Hall–Kier alpha value is -0.470. The fraction of sp³-hybridized carbons (Fsp3) is 0.583. The Bertz CT molecular complexity index is 532. The largest absolute Gasteiger partial charge is 0.417 e.